The molecule has 7 heteroatoms. The van der Waals surface area contributed by atoms with Crippen LogP contribution in [0.4, 0.5) is 10.5 Å². The highest BCUT2D eigenvalue weighted by atomic mass is 16.6. The molecule has 0 aliphatic heterocycles. The van der Waals surface area contributed by atoms with Crippen molar-refractivity contribution in [3.8, 4) is 11.5 Å². The Morgan fingerprint density at radius 3 is 2.22 bits per heavy atom. The van der Waals surface area contributed by atoms with E-state index in [9.17, 15) is 9.59 Å². The number of amides is 1. The number of carboxylic acid groups (broad SMARTS) is 1. The predicted octanol–water partition coefficient (Wildman–Crippen LogP) is 3.24. The van der Waals surface area contributed by atoms with E-state index in [2.05, 4.69) is 5.32 Å². The normalized spacial score (nSPS) is 12.3. The SMILES string of the molecule is COc1cc(C(C)C(=O)O)cc(NC(=O)OC(C)(C)C)c1OC. The molecule has 0 heterocycles. The Bertz CT molecular complexity index is 591. The molecule has 23 heavy (non-hydrogen) atoms. The van der Waals surface area contributed by atoms with Crippen molar-refractivity contribution in [2.45, 2.75) is 39.2 Å². The van der Waals surface area contributed by atoms with Crippen molar-refractivity contribution in [1.29, 1.82) is 0 Å². The number of ether oxygens (including phenoxy) is 3. The van der Waals surface area contributed by atoms with Gasteiger partial charge in [0.05, 0.1) is 25.8 Å². The Balaban J connectivity index is 3.24. The first-order valence-electron chi connectivity index (χ1n) is 7.07. The maximum absolute atomic E-state index is 12.0. The van der Waals surface area contributed by atoms with Gasteiger partial charge in [-0.2, -0.15) is 0 Å². The van der Waals surface area contributed by atoms with Crippen molar-refractivity contribution >= 4 is 17.7 Å². The molecule has 2 N–H and O–H groups in total. The molecule has 128 valence electrons. The van der Waals surface area contributed by atoms with Gasteiger partial charge in [0.15, 0.2) is 11.5 Å². The highest BCUT2D eigenvalue weighted by Crippen LogP contribution is 2.38. The number of carbonyl (C=O) groups is 2. The summed E-state index contributed by atoms with van der Waals surface area (Å²) in [6.07, 6.45) is -0.669. The second-order valence-corrected chi connectivity index (χ2v) is 5.99. The first-order chi connectivity index (χ1) is 10.6. The number of anilines is 1. The van der Waals surface area contributed by atoms with Crippen LogP contribution in [0.3, 0.4) is 0 Å². The minimum absolute atomic E-state index is 0.282. The Hall–Kier alpha value is -2.44. The summed E-state index contributed by atoms with van der Waals surface area (Å²) in [6.45, 7) is 6.77. The first-order valence-corrected chi connectivity index (χ1v) is 7.07. The van der Waals surface area contributed by atoms with Crippen molar-refractivity contribution in [3.63, 3.8) is 0 Å². The minimum Gasteiger partial charge on any atom is -0.493 e. The Morgan fingerprint density at radius 2 is 1.78 bits per heavy atom. The fraction of sp³-hybridized carbons (Fsp3) is 0.500. The van der Waals surface area contributed by atoms with Gasteiger partial charge in [-0.1, -0.05) is 0 Å². The van der Waals surface area contributed by atoms with Crippen molar-refractivity contribution in [2.24, 2.45) is 0 Å². The summed E-state index contributed by atoms with van der Waals surface area (Å²) in [4.78, 5) is 23.2. The van der Waals surface area contributed by atoms with Crippen molar-refractivity contribution in [2.75, 3.05) is 19.5 Å². The van der Waals surface area contributed by atoms with Crippen LogP contribution < -0.4 is 14.8 Å². The molecular formula is C16H23NO6. The van der Waals surface area contributed by atoms with Gasteiger partial charge in [0.25, 0.3) is 0 Å². The van der Waals surface area contributed by atoms with Gasteiger partial charge in [-0.05, 0) is 45.4 Å². The number of aliphatic carboxylic acids is 1. The molecule has 0 bridgehead atoms. The summed E-state index contributed by atoms with van der Waals surface area (Å²) in [7, 11) is 2.86. The predicted molar refractivity (Wildman–Crippen MR) is 85.5 cm³/mol. The topological polar surface area (TPSA) is 94.1 Å². The third-order valence-corrected chi connectivity index (χ3v) is 3.01. The third-order valence-electron chi connectivity index (χ3n) is 3.01. The van der Waals surface area contributed by atoms with E-state index in [1.807, 2.05) is 0 Å². The molecule has 0 aromatic heterocycles. The number of methoxy groups -OCH3 is 2. The van der Waals surface area contributed by atoms with Crippen LogP contribution in [-0.2, 0) is 9.53 Å². The van der Waals surface area contributed by atoms with E-state index < -0.39 is 23.6 Å². The van der Waals surface area contributed by atoms with Crippen LogP contribution in [0, 0.1) is 0 Å². The van der Waals surface area contributed by atoms with Gasteiger partial charge in [0, 0.05) is 0 Å². The van der Waals surface area contributed by atoms with Crippen LogP contribution >= 0.6 is 0 Å². The fourth-order valence-electron chi connectivity index (χ4n) is 1.88. The summed E-state index contributed by atoms with van der Waals surface area (Å²) in [5.41, 5.74) is 0.0957. The lowest BCUT2D eigenvalue weighted by molar-refractivity contribution is -0.138. The molecule has 0 radical (unpaired) electrons. The molecular weight excluding hydrogens is 302 g/mol. The molecule has 0 aliphatic carbocycles. The number of hydrogen-bond acceptors (Lipinski definition) is 5. The van der Waals surface area contributed by atoms with Crippen LogP contribution in [0.15, 0.2) is 12.1 Å². The largest absolute Gasteiger partial charge is 0.493 e. The number of rotatable bonds is 5. The zero-order valence-corrected chi connectivity index (χ0v) is 14.2. The third kappa shape index (κ3) is 5.05. The van der Waals surface area contributed by atoms with E-state index in [-0.39, 0.29) is 5.69 Å². The van der Waals surface area contributed by atoms with Gasteiger partial charge in [0.2, 0.25) is 0 Å². The van der Waals surface area contributed by atoms with E-state index in [1.165, 1.54) is 20.3 Å². The molecule has 0 saturated carbocycles. The van der Waals surface area contributed by atoms with Crippen LogP contribution in [0.5, 0.6) is 11.5 Å². The molecule has 0 saturated heterocycles. The van der Waals surface area contributed by atoms with Crippen LogP contribution in [-0.4, -0.2) is 37.0 Å². The molecule has 0 fully saturated rings. The van der Waals surface area contributed by atoms with Crippen LogP contribution in [0.2, 0.25) is 0 Å². The van der Waals surface area contributed by atoms with E-state index in [1.54, 1.807) is 33.8 Å². The Morgan fingerprint density at radius 1 is 1.17 bits per heavy atom. The van der Waals surface area contributed by atoms with Crippen molar-refractivity contribution < 1.29 is 28.9 Å². The number of hydrogen-bond donors (Lipinski definition) is 2. The van der Waals surface area contributed by atoms with Gasteiger partial charge in [-0.25, -0.2) is 4.79 Å². The molecule has 1 aromatic carbocycles. The molecule has 1 aromatic rings. The average Bonchev–Trinajstić information content (AvgIpc) is 2.43. The van der Waals surface area contributed by atoms with E-state index in [4.69, 9.17) is 19.3 Å². The lowest BCUT2D eigenvalue weighted by Gasteiger charge is -2.21. The maximum atomic E-state index is 12.0. The second kappa shape index (κ2) is 7.21. The first kappa shape index (κ1) is 18.6. The fourth-order valence-corrected chi connectivity index (χ4v) is 1.88. The molecule has 0 aliphatic rings. The molecule has 1 unspecified atom stereocenters. The van der Waals surface area contributed by atoms with Crippen LogP contribution in [0.1, 0.15) is 39.2 Å². The maximum Gasteiger partial charge on any atom is 0.412 e. The van der Waals surface area contributed by atoms with Gasteiger partial charge in [0.1, 0.15) is 5.60 Å². The summed E-state index contributed by atoms with van der Waals surface area (Å²) >= 11 is 0. The summed E-state index contributed by atoms with van der Waals surface area (Å²) in [6, 6.07) is 3.10. The highest BCUT2D eigenvalue weighted by Gasteiger charge is 2.22. The highest BCUT2D eigenvalue weighted by molar-refractivity contribution is 5.89. The zero-order chi connectivity index (χ0) is 17.8. The minimum atomic E-state index is -0.986. The second-order valence-electron chi connectivity index (χ2n) is 5.99. The Kier molecular flexibility index (Phi) is 5.84. The molecule has 7 nitrogen and oxygen atoms in total. The summed E-state index contributed by atoms with van der Waals surface area (Å²) in [5, 5.41) is 11.7. The Labute approximate surface area is 135 Å². The quantitative estimate of drug-likeness (QED) is 0.863. The summed E-state index contributed by atoms with van der Waals surface area (Å²) < 4.78 is 15.7. The smallest absolute Gasteiger partial charge is 0.412 e. The number of benzene rings is 1. The van der Waals surface area contributed by atoms with Gasteiger partial charge in [-0.3, -0.25) is 10.1 Å². The van der Waals surface area contributed by atoms with Crippen molar-refractivity contribution in [3.05, 3.63) is 17.7 Å². The van der Waals surface area contributed by atoms with Crippen LogP contribution in [0.25, 0.3) is 0 Å². The number of nitrogens with one attached hydrogen (secondary N) is 1. The monoisotopic (exact) mass is 325 g/mol. The van der Waals surface area contributed by atoms with Gasteiger partial charge in [-0.15, -0.1) is 0 Å². The summed E-state index contributed by atoms with van der Waals surface area (Å²) in [5.74, 6) is -1.14. The number of carbonyl (C=O) groups excluding carboxylic acids is 1. The molecule has 1 rings (SSSR count). The molecule has 1 atom stereocenters. The average molecular weight is 325 g/mol. The van der Waals surface area contributed by atoms with Gasteiger partial charge >= 0.3 is 12.1 Å². The van der Waals surface area contributed by atoms with E-state index >= 15 is 0 Å². The van der Waals surface area contributed by atoms with Gasteiger partial charge < -0.3 is 19.3 Å². The lowest BCUT2D eigenvalue weighted by Crippen LogP contribution is -2.27. The van der Waals surface area contributed by atoms with E-state index in [0.29, 0.717) is 17.1 Å². The standard InChI is InChI=1S/C16H23NO6/c1-9(14(18)19)10-7-11(13(22-6)12(8-10)21-5)17-15(20)23-16(2,3)4/h7-9H,1-6H3,(H,17,20)(H,18,19). The van der Waals surface area contributed by atoms with Crippen molar-refractivity contribution in [1.82, 2.24) is 0 Å². The lowest BCUT2D eigenvalue weighted by atomic mass is 10.00. The zero-order valence-electron chi connectivity index (χ0n) is 14.2. The number of carboxylic acids is 1. The molecule has 0 spiro atoms. The molecule has 1 amide bonds. The van der Waals surface area contributed by atoms with E-state index in [0.717, 1.165) is 0 Å².